The van der Waals surface area contributed by atoms with Gasteiger partial charge in [-0.05, 0) is 72.0 Å². The SMILES string of the molecule is C=Cc1ccc(COCCCCCCCCOc2ccc(C=CC(=O)c3ccc(F)cc3)cc2)cc1. The molecule has 0 amide bonds. The van der Waals surface area contributed by atoms with E-state index in [0.29, 0.717) is 18.8 Å². The van der Waals surface area contributed by atoms with Gasteiger partial charge in [-0.25, -0.2) is 4.39 Å². The quantitative estimate of drug-likeness (QED) is 0.116. The van der Waals surface area contributed by atoms with Crippen molar-refractivity contribution in [1.82, 2.24) is 0 Å². The molecule has 0 aromatic heterocycles. The van der Waals surface area contributed by atoms with Crippen LogP contribution in [0.4, 0.5) is 4.39 Å². The van der Waals surface area contributed by atoms with E-state index in [1.54, 1.807) is 6.08 Å². The Labute approximate surface area is 214 Å². The van der Waals surface area contributed by atoms with Crippen LogP contribution in [0.25, 0.3) is 12.2 Å². The van der Waals surface area contributed by atoms with Crippen LogP contribution in [-0.2, 0) is 11.3 Å². The van der Waals surface area contributed by atoms with Crippen molar-refractivity contribution in [2.24, 2.45) is 0 Å². The maximum Gasteiger partial charge on any atom is 0.185 e. The first-order chi connectivity index (χ1) is 17.6. The Hall–Kier alpha value is -3.50. The minimum atomic E-state index is -0.352. The summed E-state index contributed by atoms with van der Waals surface area (Å²) in [5, 5.41) is 0. The molecule has 0 fully saturated rings. The van der Waals surface area contributed by atoms with Gasteiger partial charge in [-0.2, -0.15) is 0 Å². The Bertz CT molecular complexity index is 1080. The minimum Gasteiger partial charge on any atom is -0.494 e. The summed E-state index contributed by atoms with van der Waals surface area (Å²) in [6, 6.07) is 21.5. The van der Waals surface area contributed by atoms with Gasteiger partial charge in [0.05, 0.1) is 13.2 Å². The van der Waals surface area contributed by atoms with E-state index < -0.39 is 0 Å². The van der Waals surface area contributed by atoms with Crippen molar-refractivity contribution < 1.29 is 18.7 Å². The van der Waals surface area contributed by atoms with Crippen molar-refractivity contribution >= 4 is 17.9 Å². The summed E-state index contributed by atoms with van der Waals surface area (Å²) in [7, 11) is 0. The topological polar surface area (TPSA) is 35.5 Å². The zero-order chi connectivity index (χ0) is 25.4. The Morgan fingerprint density at radius 1 is 0.750 bits per heavy atom. The fraction of sp³-hybridized carbons (Fsp3) is 0.281. The second kappa shape index (κ2) is 15.5. The highest BCUT2D eigenvalue weighted by molar-refractivity contribution is 6.06. The summed E-state index contributed by atoms with van der Waals surface area (Å²) in [4.78, 5) is 12.1. The average molecular weight is 487 g/mol. The van der Waals surface area contributed by atoms with Gasteiger partial charge in [-0.3, -0.25) is 4.79 Å². The van der Waals surface area contributed by atoms with Gasteiger partial charge in [0.25, 0.3) is 0 Å². The molecular weight excluding hydrogens is 451 g/mol. The van der Waals surface area contributed by atoms with Crippen LogP contribution in [0.5, 0.6) is 5.75 Å². The molecule has 3 nitrogen and oxygen atoms in total. The van der Waals surface area contributed by atoms with Crippen molar-refractivity contribution in [3.05, 3.63) is 114 Å². The van der Waals surface area contributed by atoms with Crippen molar-refractivity contribution in [1.29, 1.82) is 0 Å². The standard InChI is InChI=1S/C32H35FO3/c1-2-26-9-11-28(12-10-26)25-35-23-7-5-3-4-6-8-24-36-31-20-13-27(14-21-31)15-22-32(34)29-16-18-30(33)19-17-29/h2,9-22H,1,3-8,23-25H2. The third-order valence-electron chi connectivity index (χ3n) is 5.87. The zero-order valence-corrected chi connectivity index (χ0v) is 20.8. The molecule has 4 heteroatoms. The number of ketones is 1. The van der Waals surface area contributed by atoms with Gasteiger partial charge in [0.15, 0.2) is 5.78 Å². The van der Waals surface area contributed by atoms with Crippen molar-refractivity contribution in [2.75, 3.05) is 13.2 Å². The molecule has 3 aromatic carbocycles. The molecule has 0 saturated heterocycles. The lowest BCUT2D eigenvalue weighted by Crippen LogP contribution is -1.98. The number of allylic oxidation sites excluding steroid dienone is 1. The molecule has 3 rings (SSSR count). The van der Waals surface area contributed by atoms with E-state index in [1.807, 2.05) is 30.3 Å². The van der Waals surface area contributed by atoms with Gasteiger partial charge < -0.3 is 9.47 Å². The highest BCUT2D eigenvalue weighted by Gasteiger charge is 2.02. The van der Waals surface area contributed by atoms with Crippen LogP contribution >= 0.6 is 0 Å². The van der Waals surface area contributed by atoms with Gasteiger partial charge in [0, 0.05) is 12.2 Å². The van der Waals surface area contributed by atoms with E-state index >= 15 is 0 Å². The number of hydrogen-bond acceptors (Lipinski definition) is 3. The van der Waals surface area contributed by atoms with E-state index in [2.05, 4.69) is 30.8 Å². The molecule has 0 N–H and O–H groups in total. The Balaban J connectivity index is 1.19. The number of halogens is 1. The van der Waals surface area contributed by atoms with Crippen LogP contribution in [-0.4, -0.2) is 19.0 Å². The molecule has 3 aromatic rings. The molecule has 0 radical (unpaired) electrons. The summed E-state index contributed by atoms with van der Waals surface area (Å²) in [6.07, 6.45) is 12.0. The number of carbonyl (C=O) groups is 1. The van der Waals surface area contributed by atoms with Crippen LogP contribution in [0.2, 0.25) is 0 Å². The molecule has 0 bridgehead atoms. The molecule has 0 aliphatic rings. The molecule has 0 saturated carbocycles. The van der Waals surface area contributed by atoms with Crippen LogP contribution in [0.3, 0.4) is 0 Å². The first kappa shape index (κ1) is 27.1. The van der Waals surface area contributed by atoms with Crippen LogP contribution in [0.15, 0.2) is 85.5 Å². The normalized spacial score (nSPS) is 11.0. The van der Waals surface area contributed by atoms with Crippen LogP contribution < -0.4 is 4.74 Å². The largest absolute Gasteiger partial charge is 0.494 e. The Morgan fingerprint density at radius 2 is 1.36 bits per heavy atom. The van der Waals surface area contributed by atoms with Crippen molar-refractivity contribution in [3.63, 3.8) is 0 Å². The predicted molar refractivity (Wildman–Crippen MR) is 146 cm³/mol. The van der Waals surface area contributed by atoms with E-state index in [4.69, 9.17) is 9.47 Å². The lowest BCUT2D eigenvalue weighted by molar-refractivity contribution is 0.104. The molecule has 0 unspecified atom stereocenters. The number of hydrogen-bond donors (Lipinski definition) is 0. The third kappa shape index (κ3) is 10.0. The number of ether oxygens (including phenoxy) is 2. The second-order valence-electron chi connectivity index (χ2n) is 8.74. The van der Waals surface area contributed by atoms with Gasteiger partial charge in [-0.1, -0.05) is 80.8 Å². The molecule has 0 heterocycles. The molecule has 0 aliphatic heterocycles. The summed E-state index contributed by atoms with van der Waals surface area (Å²) < 4.78 is 24.6. The average Bonchev–Trinajstić information content (AvgIpc) is 2.91. The number of unbranched alkanes of at least 4 members (excludes halogenated alkanes) is 5. The van der Waals surface area contributed by atoms with E-state index in [-0.39, 0.29) is 11.6 Å². The highest BCUT2D eigenvalue weighted by Crippen LogP contribution is 2.15. The smallest absolute Gasteiger partial charge is 0.185 e. The summed E-state index contributed by atoms with van der Waals surface area (Å²) in [5.41, 5.74) is 3.70. The highest BCUT2D eigenvalue weighted by atomic mass is 19.1. The summed E-state index contributed by atoms with van der Waals surface area (Å²) in [6.45, 7) is 5.94. The molecule has 36 heavy (non-hydrogen) atoms. The van der Waals surface area contributed by atoms with Gasteiger partial charge in [-0.15, -0.1) is 0 Å². The van der Waals surface area contributed by atoms with Crippen molar-refractivity contribution in [2.45, 2.75) is 45.1 Å². The molecule has 0 spiro atoms. The van der Waals surface area contributed by atoms with Gasteiger partial charge >= 0.3 is 0 Å². The van der Waals surface area contributed by atoms with Gasteiger partial charge in [0.2, 0.25) is 0 Å². The number of carbonyl (C=O) groups excluding carboxylic acids is 1. The van der Waals surface area contributed by atoms with E-state index in [0.717, 1.165) is 42.7 Å². The maximum atomic E-state index is 13.0. The first-order valence-corrected chi connectivity index (χ1v) is 12.6. The monoisotopic (exact) mass is 486 g/mol. The van der Waals surface area contributed by atoms with E-state index in [1.165, 1.54) is 55.2 Å². The lowest BCUT2D eigenvalue weighted by atomic mass is 10.1. The maximum absolute atomic E-state index is 13.0. The van der Waals surface area contributed by atoms with Crippen molar-refractivity contribution in [3.8, 4) is 5.75 Å². The number of rotatable bonds is 16. The predicted octanol–water partition coefficient (Wildman–Crippen LogP) is 8.30. The fourth-order valence-corrected chi connectivity index (χ4v) is 3.70. The summed E-state index contributed by atoms with van der Waals surface area (Å²) in [5.74, 6) is 0.320. The molecule has 188 valence electrons. The molecular formula is C32H35FO3. The third-order valence-corrected chi connectivity index (χ3v) is 5.87. The number of benzene rings is 3. The van der Waals surface area contributed by atoms with Crippen LogP contribution in [0.1, 0.15) is 65.6 Å². The van der Waals surface area contributed by atoms with E-state index in [9.17, 15) is 9.18 Å². The Kier molecular flexibility index (Phi) is 11.7. The Morgan fingerprint density at radius 3 is 2.03 bits per heavy atom. The molecule has 0 atom stereocenters. The zero-order valence-electron chi connectivity index (χ0n) is 20.8. The minimum absolute atomic E-state index is 0.155. The van der Waals surface area contributed by atoms with Gasteiger partial charge in [0.1, 0.15) is 11.6 Å². The second-order valence-corrected chi connectivity index (χ2v) is 8.74. The molecule has 0 aliphatic carbocycles. The summed E-state index contributed by atoms with van der Waals surface area (Å²) >= 11 is 0. The van der Waals surface area contributed by atoms with Crippen LogP contribution in [0, 0.1) is 5.82 Å². The first-order valence-electron chi connectivity index (χ1n) is 12.6. The lowest BCUT2D eigenvalue weighted by Gasteiger charge is -2.07. The fourth-order valence-electron chi connectivity index (χ4n) is 3.70.